The van der Waals surface area contributed by atoms with Gasteiger partial charge < -0.3 is 0 Å². The number of hydrogen-bond acceptors (Lipinski definition) is 6. The molecule has 10 heteroatoms. The van der Waals surface area contributed by atoms with Gasteiger partial charge in [0.15, 0.2) is 0 Å². The summed E-state index contributed by atoms with van der Waals surface area (Å²) in [6, 6.07) is 28.5. The minimum absolute atomic E-state index is 0.358. The number of carbonyl (C=O) groups excluding carboxylic acids is 4. The van der Waals surface area contributed by atoms with E-state index in [4.69, 9.17) is 23.2 Å². The van der Waals surface area contributed by atoms with Crippen molar-refractivity contribution in [3.05, 3.63) is 130 Å². The first-order valence-corrected chi connectivity index (χ1v) is 15.1. The first kappa shape index (κ1) is 27.2. The van der Waals surface area contributed by atoms with E-state index < -0.39 is 47.8 Å². The van der Waals surface area contributed by atoms with Crippen LogP contribution in [0.15, 0.2) is 109 Å². The number of benzene rings is 4. The average molecular weight is 623 g/mol. The van der Waals surface area contributed by atoms with Gasteiger partial charge in [0.25, 0.3) is 11.8 Å². The van der Waals surface area contributed by atoms with Gasteiger partial charge in [-0.25, -0.2) is 19.8 Å². The Bertz CT molecular complexity index is 1690. The van der Waals surface area contributed by atoms with Crippen LogP contribution in [0.1, 0.15) is 23.2 Å². The fraction of sp³-hybridized carbons (Fsp3) is 0.176. The van der Waals surface area contributed by atoms with E-state index in [0.717, 1.165) is 11.1 Å². The molecule has 0 aromatic heterocycles. The second-order valence-electron chi connectivity index (χ2n) is 11.4. The number of anilines is 2. The van der Waals surface area contributed by atoms with Crippen molar-refractivity contribution in [2.75, 3.05) is 9.80 Å². The lowest BCUT2D eigenvalue weighted by Gasteiger charge is -2.35. The quantitative estimate of drug-likeness (QED) is 0.282. The van der Waals surface area contributed by atoms with Crippen molar-refractivity contribution in [2.45, 2.75) is 24.2 Å². The molecule has 8 nitrogen and oxygen atoms in total. The number of fused-ring (bicyclic) bond motifs is 5. The third-order valence-corrected chi connectivity index (χ3v) is 9.68. The summed E-state index contributed by atoms with van der Waals surface area (Å²) in [5.41, 5.74) is 2.39. The molecule has 4 aromatic rings. The molecule has 6 atom stereocenters. The van der Waals surface area contributed by atoms with Crippen molar-refractivity contribution < 1.29 is 19.2 Å². The number of para-hydroxylation sites is 2. The van der Waals surface area contributed by atoms with Gasteiger partial charge in [0, 0.05) is 10.0 Å². The predicted molar refractivity (Wildman–Crippen MR) is 164 cm³/mol. The summed E-state index contributed by atoms with van der Waals surface area (Å²) in [5, 5.41) is 4.70. The Hall–Kier alpha value is -4.34. The third-order valence-electron chi connectivity index (χ3n) is 9.18. The van der Waals surface area contributed by atoms with Crippen molar-refractivity contribution in [3.63, 3.8) is 0 Å². The Morgan fingerprint density at radius 3 is 1.09 bits per heavy atom. The molecule has 44 heavy (non-hydrogen) atoms. The maximum atomic E-state index is 14.4. The lowest BCUT2D eigenvalue weighted by Crippen LogP contribution is -2.50. The summed E-state index contributed by atoms with van der Waals surface area (Å²) in [5.74, 6) is -3.19. The van der Waals surface area contributed by atoms with Crippen molar-refractivity contribution in [1.29, 1.82) is 0 Å². The number of nitrogens with zero attached hydrogens (tertiary/aromatic N) is 4. The van der Waals surface area contributed by atoms with Gasteiger partial charge in [0.2, 0.25) is 11.8 Å². The summed E-state index contributed by atoms with van der Waals surface area (Å²) in [4.78, 5) is 59.9. The van der Waals surface area contributed by atoms with Crippen molar-refractivity contribution >= 4 is 58.2 Å². The molecule has 218 valence electrons. The first-order valence-electron chi connectivity index (χ1n) is 14.3. The minimum atomic E-state index is -0.944. The monoisotopic (exact) mass is 622 g/mol. The van der Waals surface area contributed by atoms with Crippen LogP contribution >= 0.6 is 23.2 Å². The van der Waals surface area contributed by atoms with Crippen LogP contribution in [0, 0.1) is 11.8 Å². The maximum Gasteiger partial charge on any atom is 0.253 e. The van der Waals surface area contributed by atoms with Crippen LogP contribution in [0.3, 0.4) is 0 Å². The highest BCUT2D eigenvalue weighted by Crippen LogP contribution is 2.59. The van der Waals surface area contributed by atoms with Crippen LogP contribution in [0.5, 0.6) is 0 Å². The van der Waals surface area contributed by atoms with Crippen molar-refractivity contribution in [1.82, 2.24) is 10.0 Å². The molecular weight excluding hydrogens is 599 g/mol. The number of imide groups is 2. The van der Waals surface area contributed by atoms with Gasteiger partial charge >= 0.3 is 0 Å². The van der Waals surface area contributed by atoms with Gasteiger partial charge in [-0.15, -0.1) is 0 Å². The molecule has 8 rings (SSSR count). The van der Waals surface area contributed by atoms with Crippen LogP contribution in [-0.2, 0) is 19.2 Å². The van der Waals surface area contributed by atoms with Crippen LogP contribution in [0.25, 0.3) is 0 Å². The lowest BCUT2D eigenvalue weighted by molar-refractivity contribution is -0.136. The van der Waals surface area contributed by atoms with Gasteiger partial charge in [-0.3, -0.25) is 19.2 Å². The van der Waals surface area contributed by atoms with Crippen molar-refractivity contribution in [2.24, 2.45) is 11.8 Å². The summed E-state index contributed by atoms with van der Waals surface area (Å²) in [6.07, 6.45) is 0. The number of hydrazine groups is 1. The number of hydrogen-bond donors (Lipinski definition) is 0. The fourth-order valence-electron chi connectivity index (χ4n) is 7.48. The van der Waals surface area contributed by atoms with E-state index in [-0.39, 0.29) is 11.8 Å². The Morgan fingerprint density at radius 1 is 0.409 bits per heavy atom. The molecule has 4 aliphatic heterocycles. The topological polar surface area (TPSA) is 81.2 Å². The molecule has 0 saturated carbocycles. The average Bonchev–Trinajstić information content (AvgIpc) is 3.70. The Labute approximate surface area is 262 Å². The molecule has 4 aliphatic rings. The highest BCUT2D eigenvalue weighted by atomic mass is 35.5. The highest BCUT2D eigenvalue weighted by Gasteiger charge is 2.73. The number of halogens is 2. The van der Waals surface area contributed by atoms with Crippen LogP contribution in [0.4, 0.5) is 11.4 Å². The van der Waals surface area contributed by atoms with Gasteiger partial charge in [-0.2, -0.15) is 0 Å². The fourth-order valence-corrected chi connectivity index (χ4v) is 7.73. The highest BCUT2D eigenvalue weighted by molar-refractivity contribution is 6.31. The molecule has 4 aromatic carbocycles. The van der Waals surface area contributed by atoms with E-state index in [2.05, 4.69) is 0 Å². The SMILES string of the molecule is O=C1C2C(C(=O)N1c1ccccc1)N1C(c3ccc(Cl)cc3)C3C(=O)N(c4ccccc4)C(=O)C3N1C2c1ccc(Cl)cc1. The van der Waals surface area contributed by atoms with Crippen molar-refractivity contribution in [3.8, 4) is 0 Å². The molecule has 0 bridgehead atoms. The predicted octanol–water partition coefficient (Wildman–Crippen LogP) is 5.44. The van der Waals surface area contributed by atoms with Gasteiger partial charge in [-0.05, 0) is 59.7 Å². The van der Waals surface area contributed by atoms with E-state index in [1.54, 1.807) is 72.8 Å². The smallest absolute Gasteiger partial charge is 0.253 e. The number of rotatable bonds is 4. The number of amides is 4. The molecule has 4 amide bonds. The molecule has 4 heterocycles. The Morgan fingerprint density at radius 2 is 0.750 bits per heavy atom. The zero-order valence-corrected chi connectivity index (χ0v) is 24.5. The second kappa shape index (κ2) is 10.1. The molecule has 0 aliphatic carbocycles. The normalized spacial score (nSPS) is 28.1. The van der Waals surface area contributed by atoms with Crippen LogP contribution < -0.4 is 9.80 Å². The molecule has 6 unspecified atom stereocenters. The maximum absolute atomic E-state index is 14.4. The van der Waals surface area contributed by atoms with Gasteiger partial charge in [0.1, 0.15) is 12.1 Å². The summed E-state index contributed by atoms with van der Waals surface area (Å²) < 4.78 is 0. The molecule has 4 saturated heterocycles. The zero-order chi connectivity index (χ0) is 30.3. The van der Waals surface area contributed by atoms with Gasteiger partial charge in [0.05, 0.1) is 35.3 Å². The van der Waals surface area contributed by atoms with E-state index in [9.17, 15) is 19.2 Å². The molecular formula is C34H24Cl2N4O4. The third kappa shape index (κ3) is 3.78. The second-order valence-corrected chi connectivity index (χ2v) is 12.3. The van der Waals surface area contributed by atoms with E-state index in [1.807, 2.05) is 46.4 Å². The van der Waals surface area contributed by atoms with E-state index >= 15 is 0 Å². The Kier molecular flexibility index (Phi) is 6.25. The van der Waals surface area contributed by atoms with E-state index in [1.165, 1.54) is 9.80 Å². The largest absolute Gasteiger partial charge is 0.274 e. The molecule has 0 spiro atoms. The van der Waals surface area contributed by atoms with Crippen LogP contribution in [-0.4, -0.2) is 45.7 Å². The standard InChI is InChI=1S/C34H24Cl2N4O4/c35-21-15-11-19(12-16-21)27-25-29(33(43)37(31(25)41)23-7-3-1-4-8-23)39-28(20-13-17-22(36)18-14-20)26-30(40(27)39)34(44)38(32(26)42)24-9-5-2-6-10-24/h1-18,25-30H. The molecule has 0 radical (unpaired) electrons. The zero-order valence-electron chi connectivity index (χ0n) is 23.0. The number of carbonyl (C=O) groups is 4. The molecule has 0 N–H and O–H groups in total. The summed E-state index contributed by atoms with van der Waals surface area (Å²) in [7, 11) is 0. The summed E-state index contributed by atoms with van der Waals surface area (Å²) >= 11 is 12.5. The summed E-state index contributed by atoms with van der Waals surface area (Å²) in [6.45, 7) is 0. The van der Waals surface area contributed by atoms with Gasteiger partial charge in [-0.1, -0.05) is 83.9 Å². The first-order chi connectivity index (χ1) is 21.4. The minimum Gasteiger partial charge on any atom is -0.274 e. The lowest BCUT2D eigenvalue weighted by atomic mass is 9.84. The van der Waals surface area contributed by atoms with E-state index in [0.29, 0.717) is 21.4 Å². The Balaban J connectivity index is 1.34. The molecule has 4 fully saturated rings. The van der Waals surface area contributed by atoms with Crippen LogP contribution in [0.2, 0.25) is 10.0 Å².